The highest BCUT2D eigenvalue weighted by Gasteiger charge is 2.23. The van der Waals surface area contributed by atoms with Crippen molar-refractivity contribution in [1.82, 2.24) is 0 Å². The Labute approximate surface area is 126 Å². The molecular weight excluding hydrogens is 283 g/mol. The van der Waals surface area contributed by atoms with E-state index in [1.54, 1.807) is 0 Å². The predicted molar refractivity (Wildman–Crippen MR) is 83.5 cm³/mol. The normalized spacial score (nSPS) is 17.7. The lowest BCUT2D eigenvalue weighted by Crippen LogP contribution is -2.27. The van der Waals surface area contributed by atoms with E-state index in [1.807, 2.05) is 25.1 Å². The molecule has 1 aliphatic rings. The lowest BCUT2D eigenvalue weighted by Gasteiger charge is -2.28. The highest BCUT2D eigenvalue weighted by Crippen LogP contribution is 2.33. The van der Waals surface area contributed by atoms with Crippen LogP contribution in [0.4, 0.5) is 5.69 Å². The number of hydrogen-bond acceptors (Lipinski definition) is 3. The Balaban J connectivity index is 0.00000180. The monoisotopic (exact) mass is 304 g/mol. The van der Waals surface area contributed by atoms with E-state index in [2.05, 4.69) is 12.1 Å². The van der Waals surface area contributed by atoms with E-state index in [4.69, 9.17) is 22.1 Å². The Morgan fingerprint density at radius 3 is 2.47 bits per heavy atom. The van der Waals surface area contributed by atoms with Gasteiger partial charge in [0.25, 0.3) is 0 Å². The van der Waals surface area contributed by atoms with Crippen LogP contribution in [-0.2, 0) is 4.74 Å². The molecule has 1 aliphatic heterocycles. The van der Waals surface area contributed by atoms with Crippen LogP contribution in [0.15, 0.2) is 18.2 Å². The number of benzene rings is 1. The summed E-state index contributed by atoms with van der Waals surface area (Å²) < 4.78 is 5.37. The first-order valence-electron chi connectivity index (χ1n) is 6.39. The molecule has 1 heterocycles. The van der Waals surface area contributed by atoms with Crippen LogP contribution in [-0.4, -0.2) is 27.3 Å². The van der Waals surface area contributed by atoms with E-state index in [9.17, 15) is 0 Å². The number of ether oxygens (including phenoxy) is 1. The number of anilines is 1. The van der Waals surface area contributed by atoms with Crippen molar-refractivity contribution in [2.24, 2.45) is 11.7 Å². The maximum absolute atomic E-state index is 6.35. The van der Waals surface area contributed by atoms with Gasteiger partial charge in [0, 0.05) is 44.1 Å². The van der Waals surface area contributed by atoms with Crippen LogP contribution in [0.25, 0.3) is 0 Å². The van der Waals surface area contributed by atoms with E-state index in [-0.39, 0.29) is 18.4 Å². The fourth-order valence-corrected chi connectivity index (χ4v) is 2.69. The molecular formula is C14H22Cl2N2O. The van der Waals surface area contributed by atoms with Crippen molar-refractivity contribution >= 4 is 29.7 Å². The Kier molecular flexibility index (Phi) is 6.40. The highest BCUT2D eigenvalue weighted by molar-refractivity contribution is 6.31. The van der Waals surface area contributed by atoms with Crippen LogP contribution in [0.1, 0.15) is 24.4 Å². The SMILES string of the molecule is CN(C)c1ccc([C@H](N)C2CCOCC2)c(Cl)c1.Cl. The summed E-state index contributed by atoms with van der Waals surface area (Å²) in [6.45, 7) is 1.62. The van der Waals surface area contributed by atoms with Gasteiger partial charge in [-0.15, -0.1) is 12.4 Å². The summed E-state index contributed by atoms with van der Waals surface area (Å²) in [7, 11) is 4.01. The molecule has 108 valence electrons. The molecule has 2 N–H and O–H groups in total. The quantitative estimate of drug-likeness (QED) is 0.931. The van der Waals surface area contributed by atoms with Crippen molar-refractivity contribution in [2.75, 3.05) is 32.2 Å². The van der Waals surface area contributed by atoms with Gasteiger partial charge in [0.15, 0.2) is 0 Å². The zero-order valence-corrected chi connectivity index (χ0v) is 13.0. The van der Waals surface area contributed by atoms with E-state index < -0.39 is 0 Å². The average Bonchev–Trinajstić information content (AvgIpc) is 2.38. The van der Waals surface area contributed by atoms with Gasteiger partial charge in [-0.05, 0) is 36.5 Å². The van der Waals surface area contributed by atoms with E-state index in [0.29, 0.717) is 5.92 Å². The lowest BCUT2D eigenvalue weighted by molar-refractivity contribution is 0.0584. The molecule has 0 bridgehead atoms. The first-order valence-corrected chi connectivity index (χ1v) is 6.77. The van der Waals surface area contributed by atoms with E-state index >= 15 is 0 Å². The van der Waals surface area contributed by atoms with Gasteiger partial charge in [-0.1, -0.05) is 17.7 Å². The third-order valence-electron chi connectivity index (χ3n) is 3.63. The summed E-state index contributed by atoms with van der Waals surface area (Å²) in [5.74, 6) is 0.474. The third kappa shape index (κ3) is 3.99. The highest BCUT2D eigenvalue weighted by atomic mass is 35.5. The molecule has 0 amide bonds. The smallest absolute Gasteiger partial charge is 0.0474 e. The molecule has 0 radical (unpaired) electrons. The molecule has 3 nitrogen and oxygen atoms in total. The second kappa shape index (κ2) is 7.34. The minimum absolute atomic E-state index is 0. The molecule has 0 spiro atoms. The molecule has 19 heavy (non-hydrogen) atoms. The summed E-state index contributed by atoms with van der Waals surface area (Å²) in [5, 5.41) is 0.764. The average molecular weight is 305 g/mol. The van der Waals surface area contributed by atoms with Gasteiger partial charge < -0.3 is 15.4 Å². The van der Waals surface area contributed by atoms with Crippen LogP contribution in [0.3, 0.4) is 0 Å². The minimum atomic E-state index is 0. The van der Waals surface area contributed by atoms with Gasteiger partial charge in [-0.2, -0.15) is 0 Å². The molecule has 1 aromatic rings. The molecule has 0 aliphatic carbocycles. The van der Waals surface area contributed by atoms with Crippen molar-refractivity contribution in [3.05, 3.63) is 28.8 Å². The molecule has 1 saturated heterocycles. The summed E-state index contributed by atoms with van der Waals surface area (Å²) in [5.41, 5.74) is 8.49. The van der Waals surface area contributed by atoms with E-state index in [1.165, 1.54) is 0 Å². The maximum Gasteiger partial charge on any atom is 0.0474 e. The van der Waals surface area contributed by atoms with Crippen molar-refractivity contribution in [1.29, 1.82) is 0 Å². The van der Waals surface area contributed by atoms with Crippen molar-refractivity contribution in [3.8, 4) is 0 Å². The molecule has 0 saturated carbocycles. The Morgan fingerprint density at radius 2 is 1.95 bits per heavy atom. The number of rotatable bonds is 3. The molecule has 2 rings (SSSR count). The van der Waals surface area contributed by atoms with Crippen LogP contribution in [0, 0.1) is 5.92 Å². The van der Waals surface area contributed by atoms with Crippen molar-refractivity contribution in [3.63, 3.8) is 0 Å². The maximum atomic E-state index is 6.35. The van der Waals surface area contributed by atoms with Crippen LogP contribution in [0.2, 0.25) is 5.02 Å². The summed E-state index contributed by atoms with van der Waals surface area (Å²) in [6, 6.07) is 6.12. The molecule has 1 atom stereocenters. The summed E-state index contributed by atoms with van der Waals surface area (Å²) >= 11 is 6.35. The largest absolute Gasteiger partial charge is 0.381 e. The fraction of sp³-hybridized carbons (Fsp3) is 0.571. The van der Waals surface area contributed by atoms with Crippen LogP contribution >= 0.6 is 24.0 Å². The van der Waals surface area contributed by atoms with E-state index in [0.717, 1.165) is 42.3 Å². The first-order chi connectivity index (χ1) is 8.59. The predicted octanol–water partition coefficient (Wildman–Crippen LogP) is 3.25. The zero-order chi connectivity index (χ0) is 13.1. The Bertz CT molecular complexity index is 406. The third-order valence-corrected chi connectivity index (χ3v) is 3.96. The van der Waals surface area contributed by atoms with Crippen molar-refractivity contribution in [2.45, 2.75) is 18.9 Å². The van der Waals surface area contributed by atoms with Crippen LogP contribution in [0.5, 0.6) is 0 Å². The number of nitrogens with zero attached hydrogens (tertiary/aromatic N) is 1. The number of halogens is 2. The lowest BCUT2D eigenvalue weighted by atomic mass is 9.87. The van der Waals surface area contributed by atoms with Crippen LogP contribution < -0.4 is 10.6 Å². The minimum Gasteiger partial charge on any atom is -0.381 e. The van der Waals surface area contributed by atoms with Gasteiger partial charge in [0.1, 0.15) is 0 Å². The second-order valence-corrected chi connectivity index (χ2v) is 5.48. The summed E-state index contributed by atoms with van der Waals surface area (Å²) in [6.07, 6.45) is 2.04. The fourth-order valence-electron chi connectivity index (χ4n) is 2.39. The molecule has 0 unspecified atom stereocenters. The molecule has 0 aromatic heterocycles. The molecule has 5 heteroatoms. The van der Waals surface area contributed by atoms with Gasteiger partial charge in [0.2, 0.25) is 0 Å². The first kappa shape index (κ1) is 16.6. The topological polar surface area (TPSA) is 38.5 Å². The molecule has 1 fully saturated rings. The molecule has 1 aromatic carbocycles. The second-order valence-electron chi connectivity index (χ2n) is 5.08. The Morgan fingerprint density at radius 1 is 1.32 bits per heavy atom. The number of nitrogens with two attached hydrogens (primary N) is 1. The zero-order valence-electron chi connectivity index (χ0n) is 11.4. The van der Waals surface area contributed by atoms with Gasteiger partial charge in [0.05, 0.1) is 0 Å². The summed E-state index contributed by atoms with van der Waals surface area (Å²) in [4.78, 5) is 2.04. The Hall–Kier alpha value is -0.480. The van der Waals surface area contributed by atoms with Crippen molar-refractivity contribution < 1.29 is 4.74 Å². The van der Waals surface area contributed by atoms with Gasteiger partial charge in [-0.25, -0.2) is 0 Å². The number of hydrogen-bond donors (Lipinski definition) is 1. The standard InChI is InChI=1S/C14H21ClN2O.ClH/c1-17(2)11-3-4-12(13(15)9-11)14(16)10-5-7-18-8-6-10;/h3-4,9-10,14H,5-8,16H2,1-2H3;1H/t14-;/m1./s1. The van der Waals surface area contributed by atoms with Gasteiger partial charge in [-0.3, -0.25) is 0 Å². The van der Waals surface area contributed by atoms with Gasteiger partial charge >= 0.3 is 0 Å².